The zero-order chi connectivity index (χ0) is 18.3. The Kier molecular flexibility index (Phi) is 20.7. The minimum Gasteiger partial charge on any atom is -0.696 e. The summed E-state index contributed by atoms with van der Waals surface area (Å²) in [6, 6.07) is 4.78. The van der Waals surface area contributed by atoms with Gasteiger partial charge in [0.05, 0.1) is 5.02 Å². The smallest absolute Gasteiger partial charge is 0.696 e. The van der Waals surface area contributed by atoms with E-state index in [-0.39, 0.29) is 29.6 Å². The number of nitrogens with one attached hydrogen (secondary N) is 1. The number of amides is 1. The first-order chi connectivity index (χ1) is 10.8. The molecule has 24 heavy (non-hydrogen) atoms. The number of hydrogen-bond donors (Lipinski definition) is 1. The third kappa shape index (κ3) is 17.0. The summed E-state index contributed by atoms with van der Waals surface area (Å²) in [6.07, 6.45) is 0. The van der Waals surface area contributed by atoms with E-state index in [0.29, 0.717) is 15.8 Å². The quantitative estimate of drug-likeness (QED) is 0.247. The first-order valence-electron chi connectivity index (χ1n) is 5.72. The Balaban J connectivity index is -0.000000550. The zero-order valence-corrected chi connectivity index (χ0v) is 16.6. The van der Waals surface area contributed by atoms with Gasteiger partial charge >= 0.3 is 17.1 Å². The average molecular weight is 455 g/mol. The van der Waals surface area contributed by atoms with Crippen molar-refractivity contribution in [2.24, 2.45) is 5.10 Å². The van der Waals surface area contributed by atoms with E-state index in [2.05, 4.69) is 35.8 Å². The van der Waals surface area contributed by atoms with Crippen molar-refractivity contribution < 1.29 is 26.6 Å². The van der Waals surface area contributed by atoms with Crippen LogP contribution in [-0.4, -0.2) is 18.2 Å². The average Bonchev–Trinajstić information content (AvgIpc) is 2.46. The van der Waals surface area contributed by atoms with E-state index in [1.165, 1.54) is 10.8 Å². The summed E-state index contributed by atoms with van der Waals surface area (Å²) in [6.45, 7) is 3.40. The van der Waals surface area contributed by atoms with Crippen molar-refractivity contribution in [2.75, 3.05) is 6.61 Å². The maximum Gasteiger partial charge on any atom is 2.00 e. The summed E-state index contributed by atoms with van der Waals surface area (Å²) in [4.78, 5) is 11.3. The number of benzene rings is 1. The van der Waals surface area contributed by atoms with Gasteiger partial charge in [0.2, 0.25) is 0 Å². The van der Waals surface area contributed by atoms with Gasteiger partial charge in [0, 0.05) is 10.7 Å². The molecule has 6 nitrogen and oxygen atoms in total. The van der Waals surface area contributed by atoms with E-state index < -0.39 is 0 Å². The van der Waals surface area contributed by atoms with Crippen molar-refractivity contribution in [1.29, 1.82) is 10.5 Å². The fourth-order valence-electron chi connectivity index (χ4n) is 0.942. The molecule has 1 aromatic rings. The summed E-state index contributed by atoms with van der Waals surface area (Å²) in [5.74, 6) is 0.0561. The van der Waals surface area contributed by atoms with Crippen LogP contribution in [0.5, 0.6) is 5.75 Å². The molecule has 1 radical (unpaired) electrons. The summed E-state index contributed by atoms with van der Waals surface area (Å²) in [5.41, 5.74) is 3.09. The largest absolute Gasteiger partial charge is 2.00 e. The minimum atomic E-state index is -0.350. The van der Waals surface area contributed by atoms with Crippen LogP contribution in [0.25, 0.3) is 0 Å². The van der Waals surface area contributed by atoms with E-state index in [1.807, 2.05) is 0 Å². The molecular formula is C13H12Cl2CuN4O2S2. The number of carbonyl (C=O) groups is 1. The maximum absolute atomic E-state index is 11.3. The summed E-state index contributed by atoms with van der Waals surface area (Å²) in [5, 5.41) is 21.6. The number of carbonyl (C=O) groups excluding carboxylic acids is 1. The maximum atomic E-state index is 11.3. The molecule has 0 unspecified atom stereocenters. The summed E-state index contributed by atoms with van der Waals surface area (Å²) in [7, 11) is 0. The van der Waals surface area contributed by atoms with Gasteiger partial charge in [0.15, 0.2) is 6.61 Å². The summed E-state index contributed by atoms with van der Waals surface area (Å²) >= 11 is 19.0. The Morgan fingerprint density at radius 1 is 1.29 bits per heavy atom. The van der Waals surface area contributed by atoms with E-state index >= 15 is 0 Å². The Morgan fingerprint density at radius 3 is 2.21 bits per heavy atom. The molecule has 1 amide bonds. The van der Waals surface area contributed by atoms with E-state index in [0.717, 1.165) is 5.71 Å². The molecule has 0 saturated heterocycles. The number of rotatable bonds is 4. The van der Waals surface area contributed by atoms with Gasteiger partial charge < -0.3 is 30.0 Å². The monoisotopic (exact) mass is 453 g/mol. The second-order valence-corrected chi connectivity index (χ2v) is 4.85. The molecule has 0 fully saturated rings. The fraction of sp³-hybridized carbons (Fsp3) is 0.231. The van der Waals surface area contributed by atoms with E-state index in [9.17, 15) is 4.79 Å². The van der Waals surface area contributed by atoms with Gasteiger partial charge in [0.1, 0.15) is 5.75 Å². The van der Waals surface area contributed by atoms with Crippen molar-refractivity contribution in [3.05, 3.63) is 28.2 Å². The third-order valence-electron chi connectivity index (χ3n) is 1.66. The predicted molar refractivity (Wildman–Crippen MR) is 94.8 cm³/mol. The summed E-state index contributed by atoms with van der Waals surface area (Å²) < 4.78 is 5.21. The number of hydrogen-bond acceptors (Lipinski definition) is 7. The fourth-order valence-corrected chi connectivity index (χ4v) is 1.41. The molecule has 0 aliphatic carbocycles. The van der Waals surface area contributed by atoms with Crippen LogP contribution in [0.3, 0.4) is 0 Å². The van der Waals surface area contributed by atoms with Gasteiger partial charge in [-0.3, -0.25) is 4.79 Å². The second-order valence-electron chi connectivity index (χ2n) is 3.64. The first-order valence-corrected chi connectivity index (χ1v) is 7.29. The number of halogens is 2. The molecular weight excluding hydrogens is 443 g/mol. The second kappa shape index (κ2) is 18.0. The topological polar surface area (TPSA) is 98.3 Å². The van der Waals surface area contributed by atoms with E-state index in [1.54, 1.807) is 32.0 Å². The molecule has 0 heterocycles. The number of hydrazone groups is 1. The standard InChI is InChI=1S/C11H12Cl2N2O2.2CHNS.Cu/c1-7(2)14-15-11(16)6-17-10-4-3-8(12)5-9(10)13;2*2-1-3;/h3-5H,6H2,1-2H3,(H,15,16);2*3H;/q;;;+2/p-2. The van der Waals surface area contributed by atoms with Gasteiger partial charge in [-0.1, -0.05) is 34.0 Å². The van der Waals surface area contributed by atoms with Gasteiger partial charge in [-0.25, -0.2) is 15.9 Å². The van der Waals surface area contributed by atoms with Crippen molar-refractivity contribution in [1.82, 2.24) is 5.43 Å². The molecule has 0 atom stereocenters. The molecule has 0 aliphatic rings. The Morgan fingerprint density at radius 2 is 1.79 bits per heavy atom. The molecule has 11 heteroatoms. The molecule has 1 aromatic carbocycles. The minimum absolute atomic E-state index is 0. The molecule has 0 aliphatic heterocycles. The van der Waals surface area contributed by atoms with E-state index in [4.69, 9.17) is 38.5 Å². The van der Waals surface area contributed by atoms with Crippen molar-refractivity contribution >= 4 is 60.1 Å². The van der Waals surface area contributed by atoms with Crippen LogP contribution in [0.1, 0.15) is 13.8 Å². The van der Waals surface area contributed by atoms with Crippen molar-refractivity contribution in [2.45, 2.75) is 13.8 Å². The number of nitrogens with zero attached hydrogens (tertiary/aromatic N) is 3. The predicted octanol–water partition coefficient (Wildman–Crippen LogP) is 2.91. The molecule has 1 rings (SSSR count). The van der Waals surface area contributed by atoms with Crippen LogP contribution >= 0.6 is 23.2 Å². The molecule has 0 bridgehead atoms. The first kappa shape index (κ1) is 27.5. The third-order valence-corrected chi connectivity index (χ3v) is 2.19. The number of thiocyanates is 2. The normalized spacial score (nSPS) is 7.42. The van der Waals surface area contributed by atoms with Gasteiger partial charge in [-0.2, -0.15) is 5.10 Å². The van der Waals surface area contributed by atoms with Crippen LogP contribution in [0.4, 0.5) is 0 Å². The van der Waals surface area contributed by atoms with Crippen LogP contribution in [0, 0.1) is 21.3 Å². The van der Waals surface area contributed by atoms with Crippen LogP contribution < -0.4 is 10.2 Å². The van der Waals surface area contributed by atoms with Crippen LogP contribution in [0.15, 0.2) is 23.3 Å². The SMILES string of the molecule is CC(C)=NNC(=O)COc1ccc(Cl)cc1Cl.N#C[S-].N#C[S-].[Cu+2]. The molecule has 1 N–H and O–H groups in total. The molecule has 0 aromatic heterocycles. The Hall–Kier alpha value is -1.32. The van der Waals surface area contributed by atoms with Crippen molar-refractivity contribution in [3.63, 3.8) is 0 Å². The Labute approximate surface area is 172 Å². The molecule has 0 spiro atoms. The zero-order valence-electron chi connectivity index (χ0n) is 12.5. The van der Waals surface area contributed by atoms with Crippen molar-refractivity contribution in [3.8, 4) is 16.6 Å². The van der Waals surface area contributed by atoms with Crippen LogP contribution in [0.2, 0.25) is 10.0 Å². The Bertz CT molecular complexity index is 603. The molecule has 0 saturated carbocycles. The number of ether oxygens (including phenoxy) is 1. The van der Waals surface area contributed by atoms with Gasteiger partial charge in [-0.05, 0) is 32.0 Å². The van der Waals surface area contributed by atoms with Gasteiger partial charge in [0.25, 0.3) is 5.91 Å². The van der Waals surface area contributed by atoms with Gasteiger partial charge in [-0.15, -0.1) is 0 Å². The number of nitriles is 2. The van der Waals surface area contributed by atoms with Crippen LogP contribution in [-0.2, 0) is 47.1 Å². The molecule has 133 valence electrons.